The van der Waals surface area contributed by atoms with E-state index in [0.717, 1.165) is 0 Å². The lowest BCUT2D eigenvalue weighted by molar-refractivity contribution is -0.141. The van der Waals surface area contributed by atoms with Crippen molar-refractivity contribution < 1.29 is 23.5 Å². The van der Waals surface area contributed by atoms with Crippen molar-refractivity contribution in [3.63, 3.8) is 0 Å². The molecule has 0 aromatic heterocycles. The van der Waals surface area contributed by atoms with E-state index in [0.29, 0.717) is 0 Å². The normalized spacial score (nSPS) is 10.8. The Morgan fingerprint density at radius 1 is 1.55 bits per heavy atom. The average molecular weight is 185 g/mol. The highest BCUT2D eigenvalue weighted by Gasteiger charge is 2.33. The molecule has 7 heteroatoms. The zero-order chi connectivity index (χ0) is 9.07. The third-order valence-electron chi connectivity index (χ3n) is 0.673. The smallest absolute Gasteiger partial charge is 0.367 e. The van der Waals surface area contributed by atoms with Gasteiger partial charge in [-0.15, -0.1) is 0 Å². The van der Waals surface area contributed by atoms with Crippen molar-refractivity contribution in [2.45, 2.75) is 5.25 Å². The van der Waals surface area contributed by atoms with Crippen molar-refractivity contribution in [2.75, 3.05) is 6.54 Å². The molecular weight excluding hydrogens is 180 g/mol. The Labute approximate surface area is 66.0 Å². The predicted molar refractivity (Wildman–Crippen MR) is 34.6 cm³/mol. The van der Waals surface area contributed by atoms with Gasteiger partial charge in [0.15, 0.2) is 0 Å². The first-order chi connectivity index (χ1) is 4.84. The Morgan fingerprint density at radius 3 is 2.27 bits per heavy atom. The molecule has 0 aliphatic carbocycles. The van der Waals surface area contributed by atoms with Crippen LogP contribution in [0, 0.1) is 0 Å². The second kappa shape index (κ2) is 3.51. The number of thiol groups is 1. The minimum atomic E-state index is -3.82. The maximum atomic E-state index is 11.8. The van der Waals surface area contributed by atoms with Crippen LogP contribution >= 0.6 is 12.6 Å². The molecule has 0 spiro atoms. The molecule has 1 amide bonds. The second-order valence-corrected chi connectivity index (χ2v) is 2.18. The topological polar surface area (TPSA) is 66.4 Å². The van der Waals surface area contributed by atoms with Crippen molar-refractivity contribution >= 4 is 24.5 Å². The van der Waals surface area contributed by atoms with Crippen LogP contribution in [0.1, 0.15) is 0 Å². The molecule has 0 aliphatic heterocycles. The van der Waals surface area contributed by atoms with Crippen molar-refractivity contribution in [1.29, 1.82) is 0 Å². The SMILES string of the molecule is O=C(O)CNC(=O)C(F)(F)S. The number of carbonyl (C=O) groups is 2. The number of carbonyl (C=O) groups excluding carboxylic acids is 1. The Hall–Kier alpha value is -0.850. The highest BCUT2D eigenvalue weighted by molar-refractivity contribution is 7.82. The Kier molecular flexibility index (Phi) is 3.24. The van der Waals surface area contributed by atoms with Gasteiger partial charge in [0.25, 0.3) is 0 Å². The summed E-state index contributed by atoms with van der Waals surface area (Å²) in [6.07, 6.45) is 0. The predicted octanol–water partition coefficient (Wildman–Crippen LogP) is -0.290. The van der Waals surface area contributed by atoms with Gasteiger partial charge in [-0.25, -0.2) is 0 Å². The molecule has 0 fully saturated rings. The zero-order valence-electron chi connectivity index (χ0n) is 5.17. The Bertz CT molecular complexity index is 179. The minimum Gasteiger partial charge on any atom is -0.480 e. The lowest BCUT2D eigenvalue weighted by atomic mass is 10.5. The van der Waals surface area contributed by atoms with E-state index in [1.807, 2.05) is 0 Å². The molecule has 0 bridgehead atoms. The van der Waals surface area contributed by atoms with Crippen molar-refractivity contribution in [3.8, 4) is 0 Å². The first-order valence-electron chi connectivity index (χ1n) is 2.44. The van der Waals surface area contributed by atoms with Gasteiger partial charge in [0, 0.05) is 0 Å². The van der Waals surface area contributed by atoms with Gasteiger partial charge in [-0.2, -0.15) is 8.78 Å². The Morgan fingerprint density at radius 2 is 2.00 bits per heavy atom. The van der Waals surface area contributed by atoms with Gasteiger partial charge in [0.1, 0.15) is 6.54 Å². The molecule has 0 heterocycles. The minimum absolute atomic E-state index is 0.838. The number of aliphatic carboxylic acids is 1. The van der Waals surface area contributed by atoms with Gasteiger partial charge in [0.05, 0.1) is 0 Å². The van der Waals surface area contributed by atoms with Gasteiger partial charge in [-0.3, -0.25) is 9.59 Å². The molecule has 0 rings (SSSR count). The highest BCUT2D eigenvalue weighted by Crippen LogP contribution is 2.17. The summed E-state index contributed by atoms with van der Waals surface area (Å²) in [5.74, 6) is -3.11. The summed E-state index contributed by atoms with van der Waals surface area (Å²) < 4.78 is 23.7. The maximum Gasteiger partial charge on any atom is 0.367 e. The van der Waals surface area contributed by atoms with Gasteiger partial charge in [0.2, 0.25) is 0 Å². The summed E-state index contributed by atoms with van der Waals surface area (Å²) in [7, 11) is 0. The van der Waals surface area contributed by atoms with E-state index in [4.69, 9.17) is 5.11 Å². The highest BCUT2D eigenvalue weighted by atomic mass is 32.1. The van der Waals surface area contributed by atoms with Gasteiger partial charge >= 0.3 is 17.1 Å². The van der Waals surface area contributed by atoms with Crippen LogP contribution in [-0.4, -0.2) is 28.8 Å². The van der Waals surface area contributed by atoms with Gasteiger partial charge < -0.3 is 10.4 Å². The molecule has 0 unspecified atom stereocenters. The molecule has 0 atom stereocenters. The molecule has 64 valence electrons. The molecule has 0 saturated carbocycles. The van der Waals surface area contributed by atoms with Crippen LogP contribution < -0.4 is 5.32 Å². The van der Waals surface area contributed by atoms with E-state index in [1.54, 1.807) is 0 Å². The standard InChI is InChI=1S/C4H5F2NO3S/c5-4(6,11)3(10)7-1-2(8)9/h11H,1H2,(H,7,10)(H,8,9). The zero-order valence-corrected chi connectivity index (χ0v) is 6.07. The summed E-state index contributed by atoms with van der Waals surface area (Å²) >= 11 is 2.61. The van der Waals surface area contributed by atoms with Gasteiger partial charge in [-0.1, -0.05) is 12.6 Å². The number of hydrogen-bond acceptors (Lipinski definition) is 3. The van der Waals surface area contributed by atoms with E-state index in [-0.39, 0.29) is 0 Å². The summed E-state index contributed by atoms with van der Waals surface area (Å²) in [5, 5.41) is 5.58. The van der Waals surface area contributed by atoms with Crippen LogP contribution in [-0.2, 0) is 9.59 Å². The van der Waals surface area contributed by atoms with Crippen molar-refractivity contribution in [1.82, 2.24) is 5.32 Å². The van der Waals surface area contributed by atoms with E-state index in [9.17, 15) is 18.4 Å². The monoisotopic (exact) mass is 185 g/mol. The molecule has 0 aliphatic rings. The second-order valence-electron chi connectivity index (χ2n) is 1.62. The van der Waals surface area contributed by atoms with Crippen molar-refractivity contribution in [2.24, 2.45) is 0 Å². The molecule has 0 aromatic rings. The molecule has 0 aromatic carbocycles. The molecular formula is C4H5F2NO3S. The number of amides is 1. The van der Waals surface area contributed by atoms with Crippen LogP contribution in [0.5, 0.6) is 0 Å². The van der Waals surface area contributed by atoms with Crippen LogP contribution in [0.15, 0.2) is 0 Å². The van der Waals surface area contributed by atoms with Crippen LogP contribution in [0.2, 0.25) is 0 Å². The lowest BCUT2D eigenvalue weighted by Crippen LogP contribution is -2.38. The van der Waals surface area contributed by atoms with Crippen molar-refractivity contribution in [3.05, 3.63) is 0 Å². The van der Waals surface area contributed by atoms with E-state index in [2.05, 4.69) is 12.6 Å². The maximum absolute atomic E-state index is 11.8. The van der Waals surface area contributed by atoms with Gasteiger partial charge in [-0.05, 0) is 0 Å². The Balaban J connectivity index is 3.80. The summed E-state index contributed by atoms with van der Waals surface area (Å²) in [6, 6.07) is 0. The third-order valence-corrected chi connectivity index (χ3v) is 0.876. The van der Waals surface area contributed by atoms with Crippen LogP contribution in [0.3, 0.4) is 0 Å². The fraction of sp³-hybridized carbons (Fsp3) is 0.500. The molecule has 0 saturated heterocycles. The quantitative estimate of drug-likeness (QED) is 0.529. The number of nitrogens with one attached hydrogen (secondary N) is 1. The first kappa shape index (κ1) is 10.2. The number of carboxylic acid groups (broad SMARTS) is 1. The number of carboxylic acids is 1. The van der Waals surface area contributed by atoms with E-state index in [1.165, 1.54) is 5.32 Å². The van der Waals surface area contributed by atoms with Crippen LogP contribution in [0.4, 0.5) is 8.78 Å². The number of rotatable bonds is 3. The fourth-order valence-electron chi connectivity index (χ4n) is 0.262. The average Bonchev–Trinajstić information content (AvgIpc) is 1.80. The summed E-state index contributed by atoms with van der Waals surface area (Å²) in [6.45, 7) is -0.838. The first-order valence-corrected chi connectivity index (χ1v) is 2.89. The van der Waals surface area contributed by atoms with E-state index < -0.39 is 23.7 Å². The number of alkyl halides is 2. The largest absolute Gasteiger partial charge is 0.480 e. The molecule has 0 radical (unpaired) electrons. The number of halogens is 2. The third kappa shape index (κ3) is 4.54. The molecule has 4 nitrogen and oxygen atoms in total. The summed E-state index contributed by atoms with van der Waals surface area (Å²) in [4.78, 5) is 19.9. The number of hydrogen-bond donors (Lipinski definition) is 3. The fourth-order valence-corrected chi connectivity index (χ4v) is 0.341. The molecule has 11 heavy (non-hydrogen) atoms. The van der Waals surface area contributed by atoms with E-state index >= 15 is 0 Å². The summed E-state index contributed by atoms with van der Waals surface area (Å²) in [5.41, 5.74) is 0. The molecule has 2 N–H and O–H groups in total. The van der Waals surface area contributed by atoms with Crippen LogP contribution in [0.25, 0.3) is 0 Å². The lowest BCUT2D eigenvalue weighted by Gasteiger charge is -2.07.